The molecule has 6 rings (SSSR count). The number of anilines is 2. The number of nitrogens with two attached hydrogens (primary N) is 1. The van der Waals surface area contributed by atoms with Crippen LogP contribution in [0.2, 0.25) is 0 Å². The first-order valence-electron chi connectivity index (χ1n) is 17.7. The smallest absolute Gasteiger partial charge is 0.338 e. The number of carbonyl (C=O) groups is 3. The number of halogens is 4. The largest absolute Gasteiger partial charge is 0.512 e. The number of fused-ring (bicyclic) bond motifs is 2. The maximum atomic E-state index is 14.4. The SMILES string of the molecule is C=CCN(C(=O)[C@H](Cc1cc(F)cc(F)c1)NC(=O)N(N)/C(=C\O)N[C@@H](Cc1cc(F)cc(F)c1)C(=O)N(CC=C)c1ccc2scnc2c1)c1ccc2scnc2c1. The van der Waals surface area contributed by atoms with Crippen LogP contribution in [0.5, 0.6) is 0 Å². The molecule has 2 aromatic heterocycles. The monoisotopic (exact) mass is 844 g/mol. The first-order chi connectivity index (χ1) is 28.4. The van der Waals surface area contributed by atoms with Crippen LogP contribution < -0.4 is 26.3 Å². The first-order valence-corrected chi connectivity index (χ1v) is 19.5. The number of urea groups is 1. The number of rotatable bonds is 16. The van der Waals surface area contributed by atoms with Gasteiger partial charge >= 0.3 is 6.03 Å². The minimum Gasteiger partial charge on any atom is -0.512 e. The van der Waals surface area contributed by atoms with Crippen LogP contribution in [0.1, 0.15) is 11.1 Å². The molecule has 0 spiro atoms. The second-order valence-corrected chi connectivity index (χ2v) is 14.8. The fourth-order valence-electron chi connectivity index (χ4n) is 6.31. The number of aliphatic hydroxyl groups excluding tert-OH is 1. The van der Waals surface area contributed by atoms with Gasteiger partial charge in [-0.3, -0.25) is 9.59 Å². The summed E-state index contributed by atoms with van der Waals surface area (Å²) in [6.45, 7) is 7.41. The van der Waals surface area contributed by atoms with Crippen molar-refractivity contribution in [2.24, 2.45) is 5.84 Å². The Morgan fingerprint density at radius 3 is 1.53 bits per heavy atom. The second-order valence-electron chi connectivity index (χ2n) is 13.0. The molecule has 0 aliphatic rings. The fraction of sp³-hybridized carbons (Fsp3) is 0.146. The van der Waals surface area contributed by atoms with Crippen molar-refractivity contribution in [3.63, 3.8) is 0 Å². The van der Waals surface area contributed by atoms with Gasteiger partial charge in [0.05, 0.1) is 31.5 Å². The average Bonchev–Trinajstić information content (AvgIpc) is 3.88. The quantitative estimate of drug-likeness (QED) is 0.0198. The van der Waals surface area contributed by atoms with Crippen LogP contribution in [0, 0.1) is 23.3 Å². The third-order valence-corrected chi connectivity index (χ3v) is 10.6. The Balaban J connectivity index is 1.31. The molecule has 0 aliphatic carbocycles. The number of aromatic nitrogens is 2. The molecule has 18 heteroatoms. The van der Waals surface area contributed by atoms with Gasteiger partial charge in [0.25, 0.3) is 0 Å². The molecule has 0 bridgehead atoms. The Hall–Kier alpha value is -6.63. The van der Waals surface area contributed by atoms with Gasteiger partial charge in [-0.1, -0.05) is 12.2 Å². The standard InChI is InChI=1S/C41H36F4N8O4S2/c1-3-9-51(30-5-7-36-32(19-30)47-22-58-36)39(55)34(15-24-11-26(42)17-27(43)12-24)49-38(21-54)53(46)41(57)50-35(16-25-13-28(44)18-29(45)14-25)40(56)52(10-4-2)31-6-8-37-33(20-31)48-23-59-37/h3-8,11-14,17-23,34-35,49,54H,1-2,9-10,15-16,46H2,(H,50,57)/b38-21-/t34-,35-/m0/s1. The summed E-state index contributed by atoms with van der Waals surface area (Å²) in [6, 6.07) is 11.4. The Morgan fingerprint density at radius 2 is 1.12 bits per heavy atom. The van der Waals surface area contributed by atoms with Crippen molar-refractivity contribution in [1.82, 2.24) is 25.6 Å². The molecular weight excluding hydrogens is 809 g/mol. The molecule has 0 saturated carbocycles. The lowest BCUT2D eigenvalue weighted by Crippen LogP contribution is -2.57. The number of aliphatic hydroxyl groups is 1. The van der Waals surface area contributed by atoms with Gasteiger partial charge in [-0.15, -0.1) is 35.8 Å². The Morgan fingerprint density at radius 1 is 0.695 bits per heavy atom. The highest BCUT2D eigenvalue weighted by atomic mass is 32.1. The fourth-order valence-corrected chi connectivity index (χ4v) is 7.63. The summed E-state index contributed by atoms with van der Waals surface area (Å²) < 4.78 is 59.1. The predicted molar refractivity (Wildman–Crippen MR) is 220 cm³/mol. The van der Waals surface area contributed by atoms with Crippen molar-refractivity contribution in [1.29, 1.82) is 0 Å². The predicted octanol–water partition coefficient (Wildman–Crippen LogP) is 7.26. The van der Waals surface area contributed by atoms with Gasteiger partial charge in [0.2, 0.25) is 11.8 Å². The summed E-state index contributed by atoms with van der Waals surface area (Å²) in [6.07, 6.45) is 2.50. The summed E-state index contributed by atoms with van der Waals surface area (Å²) in [7, 11) is 0. The van der Waals surface area contributed by atoms with Crippen molar-refractivity contribution in [2.75, 3.05) is 22.9 Å². The number of carbonyl (C=O) groups excluding carboxylic acids is 3. The van der Waals surface area contributed by atoms with Gasteiger partial charge in [0.1, 0.15) is 41.6 Å². The number of thiazole rings is 2. The molecule has 304 valence electrons. The third kappa shape index (κ3) is 10.1. The molecule has 4 amide bonds. The number of hydrazine groups is 1. The number of benzene rings is 4. The number of nitrogens with one attached hydrogen (secondary N) is 2. The molecule has 0 aliphatic heterocycles. The molecule has 6 aromatic rings. The highest BCUT2D eigenvalue weighted by Crippen LogP contribution is 2.27. The first kappa shape index (κ1) is 42.0. The Labute approximate surface area is 343 Å². The lowest BCUT2D eigenvalue weighted by molar-refractivity contribution is -0.121. The van der Waals surface area contributed by atoms with E-state index in [4.69, 9.17) is 5.84 Å². The number of hydrogen-bond acceptors (Lipinski definition) is 10. The van der Waals surface area contributed by atoms with Crippen LogP contribution in [0.4, 0.5) is 33.7 Å². The zero-order valence-corrected chi connectivity index (χ0v) is 32.7. The molecule has 59 heavy (non-hydrogen) atoms. The molecule has 4 aromatic carbocycles. The molecule has 0 radical (unpaired) electrons. The van der Waals surface area contributed by atoms with E-state index in [1.807, 2.05) is 0 Å². The van der Waals surface area contributed by atoms with E-state index in [9.17, 15) is 37.1 Å². The molecule has 0 fully saturated rings. The normalized spacial score (nSPS) is 12.5. The van der Waals surface area contributed by atoms with Crippen LogP contribution in [0.3, 0.4) is 0 Å². The lowest BCUT2D eigenvalue weighted by atomic mass is 10.0. The van der Waals surface area contributed by atoms with Crippen molar-refractivity contribution in [3.05, 3.63) is 156 Å². The summed E-state index contributed by atoms with van der Waals surface area (Å²) in [5, 5.41) is 16.0. The molecule has 0 saturated heterocycles. The molecular formula is C41H36F4N8O4S2. The highest BCUT2D eigenvalue weighted by Gasteiger charge is 2.32. The van der Waals surface area contributed by atoms with Gasteiger partial charge in [-0.05, 0) is 71.8 Å². The molecule has 0 unspecified atom stereocenters. The van der Waals surface area contributed by atoms with E-state index in [0.29, 0.717) is 45.8 Å². The summed E-state index contributed by atoms with van der Waals surface area (Å²) >= 11 is 2.78. The van der Waals surface area contributed by atoms with Gasteiger partial charge in [-0.25, -0.2) is 43.2 Å². The van der Waals surface area contributed by atoms with E-state index >= 15 is 0 Å². The van der Waals surface area contributed by atoms with Gasteiger partial charge in [0.15, 0.2) is 5.82 Å². The van der Waals surface area contributed by atoms with Gasteiger partial charge < -0.3 is 25.5 Å². The van der Waals surface area contributed by atoms with Crippen LogP contribution in [0.25, 0.3) is 20.4 Å². The van der Waals surface area contributed by atoms with Crippen molar-refractivity contribution in [3.8, 4) is 0 Å². The third-order valence-electron chi connectivity index (χ3n) is 8.95. The molecule has 5 N–H and O–H groups in total. The maximum absolute atomic E-state index is 14.4. The van der Waals surface area contributed by atoms with E-state index in [0.717, 1.165) is 33.7 Å². The maximum Gasteiger partial charge on any atom is 0.338 e. The average molecular weight is 845 g/mol. The number of amides is 4. The van der Waals surface area contributed by atoms with E-state index in [2.05, 4.69) is 33.8 Å². The minimum atomic E-state index is -1.53. The second kappa shape index (κ2) is 18.8. The number of nitrogens with zero attached hydrogens (tertiary/aromatic N) is 5. The molecule has 2 atom stereocenters. The van der Waals surface area contributed by atoms with Crippen molar-refractivity contribution in [2.45, 2.75) is 24.9 Å². The van der Waals surface area contributed by atoms with E-state index in [1.165, 1.54) is 44.6 Å². The van der Waals surface area contributed by atoms with Gasteiger partial charge in [-0.2, -0.15) is 0 Å². The highest BCUT2D eigenvalue weighted by molar-refractivity contribution is 7.17. The topological polar surface area (TPSA) is 157 Å². The number of hydrogen-bond donors (Lipinski definition) is 4. The summed E-state index contributed by atoms with van der Waals surface area (Å²) in [5.74, 6) is 0.584. The van der Waals surface area contributed by atoms with E-state index in [-0.39, 0.29) is 30.6 Å². The van der Waals surface area contributed by atoms with Crippen LogP contribution in [0.15, 0.2) is 121 Å². The van der Waals surface area contributed by atoms with E-state index < -0.39 is 65.4 Å². The lowest BCUT2D eigenvalue weighted by Gasteiger charge is -2.31. The van der Waals surface area contributed by atoms with Crippen LogP contribution in [-0.4, -0.2) is 63.1 Å². The van der Waals surface area contributed by atoms with Crippen molar-refractivity contribution >= 4 is 72.3 Å². The minimum absolute atomic E-state index is 0.0143. The summed E-state index contributed by atoms with van der Waals surface area (Å²) in [5.41, 5.74) is 5.32. The molecule has 12 nitrogen and oxygen atoms in total. The summed E-state index contributed by atoms with van der Waals surface area (Å²) in [4.78, 5) is 53.9. The zero-order chi connectivity index (χ0) is 42.2. The Kier molecular flexibility index (Phi) is 13.3. The van der Waals surface area contributed by atoms with Gasteiger partial charge in [0, 0.05) is 49.4 Å². The molecule has 2 heterocycles. The van der Waals surface area contributed by atoms with Crippen molar-refractivity contribution < 1.29 is 37.1 Å². The van der Waals surface area contributed by atoms with E-state index in [1.54, 1.807) is 47.4 Å². The van der Waals surface area contributed by atoms with Crippen LogP contribution >= 0.6 is 22.7 Å². The van der Waals surface area contributed by atoms with Crippen LogP contribution in [-0.2, 0) is 22.4 Å². The Bertz CT molecular complexity index is 2520. The zero-order valence-electron chi connectivity index (χ0n) is 31.0.